The van der Waals surface area contributed by atoms with E-state index in [-0.39, 0.29) is 18.1 Å². The summed E-state index contributed by atoms with van der Waals surface area (Å²) in [4.78, 5) is 16.7. The molecule has 6 nitrogen and oxygen atoms in total. The third-order valence-corrected chi connectivity index (χ3v) is 5.63. The average molecular weight is 368 g/mol. The zero-order valence-corrected chi connectivity index (χ0v) is 16.0. The number of morpholine rings is 1. The fraction of sp³-hybridized carbons (Fsp3) is 0.524. The van der Waals surface area contributed by atoms with Crippen LogP contribution in [-0.2, 0) is 22.6 Å². The van der Waals surface area contributed by atoms with Crippen molar-refractivity contribution in [1.82, 2.24) is 14.7 Å². The van der Waals surface area contributed by atoms with E-state index >= 15 is 0 Å². The molecule has 1 aromatic carbocycles. The van der Waals surface area contributed by atoms with Crippen LogP contribution in [0.15, 0.2) is 42.7 Å². The fourth-order valence-electron chi connectivity index (χ4n) is 4.08. The van der Waals surface area contributed by atoms with Gasteiger partial charge in [0.15, 0.2) is 0 Å². The summed E-state index contributed by atoms with van der Waals surface area (Å²) in [6.45, 7) is 6.86. The van der Waals surface area contributed by atoms with Gasteiger partial charge in [-0.1, -0.05) is 25.1 Å². The van der Waals surface area contributed by atoms with E-state index in [9.17, 15) is 4.79 Å². The number of ether oxygens (including phenoxy) is 1. The van der Waals surface area contributed by atoms with Gasteiger partial charge in [-0.05, 0) is 31.4 Å². The van der Waals surface area contributed by atoms with Gasteiger partial charge in [-0.25, -0.2) is 0 Å². The molecule has 4 rings (SSSR count). The maximum absolute atomic E-state index is 12.4. The molecule has 0 bridgehead atoms. The maximum atomic E-state index is 12.4. The minimum absolute atomic E-state index is 0.0533. The SMILES string of the molecule is CCCn1cc(CN2CCC3(CC2)CN(c2ccccc2)C(=O)CO3)cn1. The van der Waals surface area contributed by atoms with E-state index in [1.807, 2.05) is 46.1 Å². The average Bonchev–Trinajstić information content (AvgIpc) is 3.14. The van der Waals surface area contributed by atoms with Crippen molar-refractivity contribution in [3.05, 3.63) is 48.3 Å². The van der Waals surface area contributed by atoms with Gasteiger partial charge in [-0.3, -0.25) is 14.4 Å². The van der Waals surface area contributed by atoms with Crippen molar-refractivity contribution in [2.75, 3.05) is 31.1 Å². The molecule has 2 aliphatic rings. The summed E-state index contributed by atoms with van der Waals surface area (Å²) in [5.41, 5.74) is 2.02. The summed E-state index contributed by atoms with van der Waals surface area (Å²) in [6, 6.07) is 9.93. The minimum Gasteiger partial charge on any atom is -0.363 e. The second-order valence-electron chi connectivity index (χ2n) is 7.67. The first kappa shape index (κ1) is 18.2. The molecule has 3 heterocycles. The van der Waals surface area contributed by atoms with E-state index in [4.69, 9.17) is 4.74 Å². The Kier molecular flexibility index (Phi) is 5.27. The standard InChI is InChI=1S/C21H28N4O2/c1-2-10-24-15-18(13-22-24)14-23-11-8-21(9-12-23)17-25(20(26)16-27-21)19-6-4-3-5-7-19/h3-7,13,15H,2,8-12,14,16-17H2,1H3. The Labute approximate surface area is 160 Å². The third kappa shape index (κ3) is 4.06. The van der Waals surface area contributed by atoms with Crippen molar-refractivity contribution in [2.24, 2.45) is 0 Å². The number of anilines is 1. The molecule has 0 radical (unpaired) electrons. The predicted octanol–water partition coefficient (Wildman–Crippen LogP) is 2.69. The highest BCUT2D eigenvalue weighted by Gasteiger charge is 2.42. The monoisotopic (exact) mass is 368 g/mol. The van der Waals surface area contributed by atoms with Crippen molar-refractivity contribution in [1.29, 1.82) is 0 Å². The number of rotatable bonds is 5. The fourth-order valence-corrected chi connectivity index (χ4v) is 4.08. The number of amides is 1. The second kappa shape index (κ2) is 7.82. The molecule has 0 N–H and O–H groups in total. The summed E-state index contributed by atoms with van der Waals surface area (Å²) in [7, 11) is 0. The molecule has 2 saturated heterocycles. The normalized spacial score (nSPS) is 20.3. The van der Waals surface area contributed by atoms with Gasteiger partial charge in [0.25, 0.3) is 5.91 Å². The predicted molar refractivity (Wildman–Crippen MR) is 105 cm³/mol. The van der Waals surface area contributed by atoms with Crippen molar-refractivity contribution in [2.45, 2.75) is 44.9 Å². The van der Waals surface area contributed by atoms with Crippen molar-refractivity contribution in [3.8, 4) is 0 Å². The van der Waals surface area contributed by atoms with Crippen molar-refractivity contribution >= 4 is 11.6 Å². The Bertz CT molecular complexity index is 765. The lowest BCUT2D eigenvalue weighted by atomic mass is 9.89. The molecule has 27 heavy (non-hydrogen) atoms. The molecule has 2 aliphatic heterocycles. The van der Waals surface area contributed by atoms with Crippen LogP contribution in [0.3, 0.4) is 0 Å². The first-order valence-electron chi connectivity index (χ1n) is 9.90. The quantitative estimate of drug-likeness (QED) is 0.814. The summed E-state index contributed by atoms with van der Waals surface area (Å²) in [5.74, 6) is 0.0533. The molecule has 0 aliphatic carbocycles. The first-order valence-corrected chi connectivity index (χ1v) is 9.90. The van der Waals surface area contributed by atoms with E-state index in [2.05, 4.69) is 23.1 Å². The highest BCUT2D eigenvalue weighted by molar-refractivity contribution is 5.95. The van der Waals surface area contributed by atoms with Crippen LogP contribution in [0, 0.1) is 0 Å². The van der Waals surface area contributed by atoms with E-state index in [1.54, 1.807) is 0 Å². The molecule has 6 heteroatoms. The van der Waals surface area contributed by atoms with Crippen LogP contribution in [0.25, 0.3) is 0 Å². The zero-order valence-electron chi connectivity index (χ0n) is 16.0. The molecule has 144 valence electrons. The second-order valence-corrected chi connectivity index (χ2v) is 7.67. The minimum atomic E-state index is -0.216. The Morgan fingerprint density at radius 3 is 2.70 bits per heavy atom. The van der Waals surface area contributed by atoms with Crippen LogP contribution in [0.4, 0.5) is 5.69 Å². The van der Waals surface area contributed by atoms with E-state index in [1.165, 1.54) is 5.56 Å². The van der Waals surface area contributed by atoms with E-state index in [0.29, 0.717) is 6.54 Å². The van der Waals surface area contributed by atoms with Gasteiger partial charge in [0.1, 0.15) is 6.61 Å². The zero-order chi connectivity index (χ0) is 18.7. The molecule has 1 spiro atoms. The number of carbonyl (C=O) groups is 1. The number of para-hydroxylation sites is 1. The maximum Gasteiger partial charge on any atom is 0.253 e. The summed E-state index contributed by atoms with van der Waals surface area (Å²) >= 11 is 0. The van der Waals surface area contributed by atoms with Crippen LogP contribution < -0.4 is 4.90 Å². The lowest BCUT2D eigenvalue weighted by molar-refractivity contribution is -0.144. The summed E-state index contributed by atoms with van der Waals surface area (Å²) in [5, 5.41) is 4.43. The first-order chi connectivity index (χ1) is 13.2. The number of carbonyl (C=O) groups excluding carboxylic acids is 1. The number of aryl methyl sites for hydroxylation is 1. The van der Waals surface area contributed by atoms with Gasteiger partial charge in [0.05, 0.1) is 18.3 Å². The highest BCUT2D eigenvalue weighted by Crippen LogP contribution is 2.33. The van der Waals surface area contributed by atoms with Gasteiger partial charge < -0.3 is 9.64 Å². The van der Waals surface area contributed by atoms with Crippen molar-refractivity contribution < 1.29 is 9.53 Å². The van der Waals surface area contributed by atoms with Gasteiger partial charge in [-0.2, -0.15) is 5.10 Å². The Hall–Kier alpha value is -2.18. The Morgan fingerprint density at radius 2 is 1.96 bits per heavy atom. The lowest BCUT2D eigenvalue weighted by Gasteiger charge is -2.47. The van der Waals surface area contributed by atoms with E-state index in [0.717, 1.165) is 51.1 Å². The van der Waals surface area contributed by atoms with Crippen molar-refractivity contribution in [3.63, 3.8) is 0 Å². The molecular formula is C21H28N4O2. The van der Waals surface area contributed by atoms with E-state index < -0.39 is 0 Å². The van der Waals surface area contributed by atoms with Crippen LogP contribution in [0.1, 0.15) is 31.7 Å². The summed E-state index contributed by atoms with van der Waals surface area (Å²) < 4.78 is 8.09. The molecule has 2 aromatic rings. The van der Waals surface area contributed by atoms with Gasteiger partial charge in [0.2, 0.25) is 0 Å². The molecule has 1 amide bonds. The van der Waals surface area contributed by atoms with Crippen LogP contribution in [-0.4, -0.2) is 52.4 Å². The van der Waals surface area contributed by atoms with Gasteiger partial charge >= 0.3 is 0 Å². The third-order valence-electron chi connectivity index (χ3n) is 5.63. The number of aromatic nitrogens is 2. The topological polar surface area (TPSA) is 50.6 Å². The number of piperidine rings is 1. The van der Waals surface area contributed by atoms with Crippen LogP contribution >= 0.6 is 0 Å². The number of hydrogen-bond donors (Lipinski definition) is 0. The Morgan fingerprint density at radius 1 is 1.19 bits per heavy atom. The molecule has 0 atom stereocenters. The number of nitrogens with zero attached hydrogens (tertiary/aromatic N) is 4. The number of likely N-dealkylation sites (tertiary alicyclic amines) is 1. The Balaban J connectivity index is 1.36. The number of benzene rings is 1. The summed E-state index contributed by atoms with van der Waals surface area (Å²) in [6.07, 6.45) is 7.13. The molecule has 2 fully saturated rings. The van der Waals surface area contributed by atoms with Gasteiger partial charge in [-0.15, -0.1) is 0 Å². The van der Waals surface area contributed by atoms with Gasteiger partial charge in [0, 0.05) is 43.6 Å². The number of hydrogen-bond acceptors (Lipinski definition) is 4. The smallest absolute Gasteiger partial charge is 0.253 e. The lowest BCUT2D eigenvalue weighted by Crippen LogP contribution is -2.58. The largest absolute Gasteiger partial charge is 0.363 e. The van der Waals surface area contributed by atoms with Crippen LogP contribution in [0.2, 0.25) is 0 Å². The van der Waals surface area contributed by atoms with Crippen LogP contribution in [0.5, 0.6) is 0 Å². The molecule has 0 saturated carbocycles. The molecule has 0 unspecified atom stereocenters. The highest BCUT2D eigenvalue weighted by atomic mass is 16.5. The molecular weight excluding hydrogens is 340 g/mol. The molecule has 1 aromatic heterocycles.